The van der Waals surface area contributed by atoms with E-state index in [1.54, 1.807) is 0 Å². The first-order chi connectivity index (χ1) is 8.34. The number of hydrogen-bond acceptors (Lipinski definition) is 5. The van der Waals surface area contributed by atoms with E-state index in [0.717, 1.165) is 0 Å². The fourth-order valence-electron chi connectivity index (χ4n) is 1.54. The topological polar surface area (TPSA) is 95.3 Å². The average Bonchev–Trinajstić information content (AvgIpc) is 2.28. The summed E-state index contributed by atoms with van der Waals surface area (Å²) in [5.74, 6) is -0.592. The number of hydrogen-bond donors (Lipinski definition) is 3. The van der Waals surface area contributed by atoms with Gasteiger partial charge in [0.25, 0.3) is 0 Å². The maximum atomic E-state index is 10.6. The van der Waals surface area contributed by atoms with Crippen LogP contribution < -0.4 is 5.32 Å². The van der Waals surface area contributed by atoms with Crippen LogP contribution in [-0.4, -0.2) is 38.8 Å². The molecule has 1 aromatic rings. The normalized spacial score (nSPS) is 13.1. The lowest BCUT2D eigenvalue weighted by molar-refractivity contribution is 0.0690. The minimum absolute atomic E-state index is 0.0347. The molecule has 0 amide bonds. The largest absolute Gasteiger partial charge is 0.476 e. The number of nitrogens with one attached hydrogen (secondary N) is 1. The molecule has 18 heavy (non-hydrogen) atoms. The minimum atomic E-state index is -1.10. The van der Waals surface area contributed by atoms with E-state index in [1.165, 1.54) is 12.4 Å². The lowest BCUT2D eigenvalue weighted by atomic mass is 9.85. The minimum Gasteiger partial charge on any atom is -0.476 e. The van der Waals surface area contributed by atoms with Gasteiger partial charge in [-0.05, 0) is 11.8 Å². The lowest BCUT2D eigenvalue weighted by Crippen LogP contribution is -2.35. The summed E-state index contributed by atoms with van der Waals surface area (Å²) in [7, 11) is 0. The molecule has 6 heteroatoms. The number of aliphatic hydroxyl groups is 1. The Morgan fingerprint density at radius 3 is 2.44 bits per heavy atom. The molecule has 0 saturated carbocycles. The molecule has 3 N–H and O–H groups in total. The van der Waals surface area contributed by atoms with E-state index < -0.39 is 5.97 Å². The van der Waals surface area contributed by atoms with Crippen LogP contribution in [0.3, 0.4) is 0 Å². The van der Waals surface area contributed by atoms with Gasteiger partial charge in [-0.2, -0.15) is 0 Å². The van der Waals surface area contributed by atoms with Gasteiger partial charge in [-0.15, -0.1) is 0 Å². The van der Waals surface area contributed by atoms with Crippen molar-refractivity contribution < 1.29 is 15.0 Å². The standard InChI is InChI=1S/C12H19N3O3/c1-12(2,3)9(4-5-16)15-10-7-13-8(6-14-10)11(17)18/h6-7,9,16H,4-5H2,1-3H3,(H,14,15)(H,17,18). The van der Waals surface area contributed by atoms with Gasteiger partial charge in [0.15, 0.2) is 5.69 Å². The van der Waals surface area contributed by atoms with Crippen LogP contribution in [0.4, 0.5) is 5.82 Å². The van der Waals surface area contributed by atoms with Crippen molar-refractivity contribution in [2.24, 2.45) is 5.41 Å². The summed E-state index contributed by atoms with van der Waals surface area (Å²) in [4.78, 5) is 18.4. The van der Waals surface area contributed by atoms with E-state index in [2.05, 4.69) is 36.1 Å². The summed E-state index contributed by atoms with van der Waals surface area (Å²) < 4.78 is 0. The van der Waals surface area contributed by atoms with E-state index in [9.17, 15) is 4.79 Å². The molecule has 0 radical (unpaired) electrons. The van der Waals surface area contributed by atoms with Crippen LogP contribution in [0.25, 0.3) is 0 Å². The number of carbonyl (C=O) groups is 1. The maximum Gasteiger partial charge on any atom is 0.356 e. The van der Waals surface area contributed by atoms with Crippen molar-refractivity contribution in [1.82, 2.24) is 9.97 Å². The zero-order chi connectivity index (χ0) is 13.8. The second-order valence-corrected chi connectivity index (χ2v) is 5.17. The van der Waals surface area contributed by atoms with Crippen molar-refractivity contribution >= 4 is 11.8 Å². The van der Waals surface area contributed by atoms with Crippen molar-refractivity contribution in [3.05, 3.63) is 18.1 Å². The number of aromatic nitrogens is 2. The molecule has 0 aliphatic heterocycles. The van der Waals surface area contributed by atoms with Gasteiger partial charge in [0.1, 0.15) is 5.82 Å². The molecule has 100 valence electrons. The molecule has 1 rings (SSSR count). The van der Waals surface area contributed by atoms with E-state index in [1.807, 2.05) is 0 Å². The van der Waals surface area contributed by atoms with Crippen molar-refractivity contribution in [3.63, 3.8) is 0 Å². The van der Waals surface area contributed by atoms with Crippen LogP contribution in [-0.2, 0) is 0 Å². The highest BCUT2D eigenvalue weighted by atomic mass is 16.4. The van der Waals surface area contributed by atoms with E-state index in [0.29, 0.717) is 12.2 Å². The van der Waals surface area contributed by atoms with Crippen LogP contribution in [0.2, 0.25) is 0 Å². The SMILES string of the molecule is CC(C)(C)C(CCO)Nc1cnc(C(=O)O)cn1. The number of anilines is 1. The predicted octanol–water partition coefficient (Wildman–Crippen LogP) is 1.38. The molecule has 0 aromatic carbocycles. The smallest absolute Gasteiger partial charge is 0.356 e. The Labute approximate surface area is 106 Å². The molecule has 0 spiro atoms. The molecule has 1 aromatic heterocycles. The van der Waals surface area contributed by atoms with Gasteiger partial charge in [-0.1, -0.05) is 20.8 Å². The molecular weight excluding hydrogens is 234 g/mol. The number of aromatic carboxylic acids is 1. The van der Waals surface area contributed by atoms with Gasteiger partial charge in [0.2, 0.25) is 0 Å². The molecule has 1 heterocycles. The molecule has 0 bridgehead atoms. The Bertz CT molecular complexity index is 398. The van der Waals surface area contributed by atoms with Gasteiger partial charge < -0.3 is 15.5 Å². The van der Waals surface area contributed by atoms with Crippen LogP contribution in [0.1, 0.15) is 37.7 Å². The monoisotopic (exact) mass is 253 g/mol. The molecule has 1 atom stereocenters. The Morgan fingerprint density at radius 2 is 2.06 bits per heavy atom. The van der Waals surface area contributed by atoms with Gasteiger partial charge in [-0.3, -0.25) is 0 Å². The fourth-order valence-corrected chi connectivity index (χ4v) is 1.54. The highest BCUT2D eigenvalue weighted by Crippen LogP contribution is 2.24. The zero-order valence-corrected chi connectivity index (χ0v) is 10.8. The molecule has 1 unspecified atom stereocenters. The molecule has 0 aliphatic carbocycles. The maximum absolute atomic E-state index is 10.6. The third-order valence-electron chi connectivity index (χ3n) is 2.66. The van der Waals surface area contributed by atoms with E-state index >= 15 is 0 Å². The van der Waals surface area contributed by atoms with Gasteiger partial charge in [0.05, 0.1) is 12.4 Å². The average molecular weight is 253 g/mol. The number of nitrogens with zero attached hydrogens (tertiary/aromatic N) is 2. The van der Waals surface area contributed by atoms with Crippen LogP contribution >= 0.6 is 0 Å². The summed E-state index contributed by atoms with van der Waals surface area (Å²) in [6, 6.07) is 0.0347. The highest BCUT2D eigenvalue weighted by Gasteiger charge is 2.24. The van der Waals surface area contributed by atoms with Gasteiger partial charge in [0, 0.05) is 12.6 Å². The highest BCUT2D eigenvalue weighted by molar-refractivity contribution is 5.84. The number of aliphatic hydroxyl groups excluding tert-OH is 1. The second-order valence-electron chi connectivity index (χ2n) is 5.17. The Balaban J connectivity index is 2.78. The summed E-state index contributed by atoms with van der Waals surface area (Å²) >= 11 is 0. The van der Waals surface area contributed by atoms with Crippen molar-refractivity contribution in [2.45, 2.75) is 33.2 Å². The van der Waals surface area contributed by atoms with E-state index in [4.69, 9.17) is 10.2 Å². The van der Waals surface area contributed by atoms with Crippen LogP contribution in [0.5, 0.6) is 0 Å². The summed E-state index contributed by atoms with van der Waals surface area (Å²) in [5.41, 5.74) is -0.134. The first kappa shape index (κ1) is 14.4. The third kappa shape index (κ3) is 3.96. The Kier molecular flexibility index (Phi) is 4.61. The van der Waals surface area contributed by atoms with Crippen LogP contribution in [0.15, 0.2) is 12.4 Å². The molecular formula is C12H19N3O3. The zero-order valence-electron chi connectivity index (χ0n) is 10.8. The summed E-state index contributed by atoms with van der Waals surface area (Å²) in [6.45, 7) is 6.24. The predicted molar refractivity (Wildman–Crippen MR) is 67.6 cm³/mol. The third-order valence-corrected chi connectivity index (χ3v) is 2.66. The van der Waals surface area contributed by atoms with Crippen LogP contribution in [0, 0.1) is 5.41 Å². The first-order valence-electron chi connectivity index (χ1n) is 5.77. The van der Waals surface area contributed by atoms with Crippen molar-refractivity contribution in [1.29, 1.82) is 0 Å². The number of carboxylic acids is 1. The van der Waals surface area contributed by atoms with E-state index in [-0.39, 0.29) is 23.8 Å². The van der Waals surface area contributed by atoms with Crippen molar-refractivity contribution in [3.8, 4) is 0 Å². The molecule has 0 saturated heterocycles. The number of rotatable bonds is 5. The first-order valence-corrected chi connectivity index (χ1v) is 5.77. The Hall–Kier alpha value is -1.69. The molecule has 0 fully saturated rings. The fraction of sp³-hybridized carbons (Fsp3) is 0.583. The molecule has 0 aliphatic rings. The summed E-state index contributed by atoms with van der Waals surface area (Å²) in [6.07, 6.45) is 3.19. The van der Waals surface area contributed by atoms with Gasteiger partial charge >= 0.3 is 5.97 Å². The van der Waals surface area contributed by atoms with Crippen molar-refractivity contribution in [2.75, 3.05) is 11.9 Å². The second kappa shape index (κ2) is 5.77. The number of carboxylic acid groups (broad SMARTS) is 1. The summed E-state index contributed by atoms with van der Waals surface area (Å²) in [5, 5.41) is 20.9. The molecule has 6 nitrogen and oxygen atoms in total. The lowest BCUT2D eigenvalue weighted by Gasteiger charge is -2.31. The quantitative estimate of drug-likeness (QED) is 0.733. The van der Waals surface area contributed by atoms with Gasteiger partial charge in [-0.25, -0.2) is 14.8 Å². The Morgan fingerprint density at radius 1 is 1.39 bits per heavy atom.